The first-order valence-electron chi connectivity index (χ1n) is 1.95. The van der Waals surface area contributed by atoms with E-state index in [9.17, 15) is 4.91 Å². The van der Waals surface area contributed by atoms with Crippen LogP contribution in [0.4, 0.5) is 0 Å². The average Bonchev–Trinajstić information content (AvgIpc) is 1.91. The number of nitroso groups, excluding NO2 is 1. The fourth-order valence-corrected chi connectivity index (χ4v) is 0.573. The number of aliphatic imine (C=N–C) groups is 1. The van der Waals surface area contributed by atoms with Gasteiger partial charge in [0.25, 0.3) is 0 Å². The zero-order valence-electron chi connectivity index (χ0n) is 3.59. The summed E-state index contributed by atoms with van der Waals surface area (Å²) in [6.45, 7) is 0.959. The largest absolute Gasteiger partial charge is 0.429 e. The van der Waals surface area contributed by atoms with E-state index in [1.807, 2.05) is 0 Å². The molecule has 0 amide bonds. The summed E-state index contributed by atoms with van der Waals surface area (Å²) in [6.07, 6.45) is 0. The van der Waals surface area contributed by atoms with Gasteiger partial charge in [0.05, 0.1) is 0 Å². The average molecular weight is 120 g/mol. The van der Waals surface area contributed by atoms with Crippen LogP contribution in [-0.4, -0.2) is 23.1 Å². The lowest BCUT2D eigenvalue weighted by Crippen LogP contribution is -2.05. The SMILES string of the molecule is O=[N+]1CCN=C1Cl. The van der Waals surface area contributed by atoms with E-state index in [0.29, 0.717) is 17.8 Å². The van der Waals surface area contributed by atoms with Crippen molar-refractivity contribution in [1.29, 1.82) is 0 Å². The van der Waals surface area contributed by atoms with E-state index < -0.39 is 0 Å². The molecule has 0 aromatic heterocycles. The van der Waals surface area contributed by atoms with Crippen LogP contribution in [-0.2, 0) is 0 Å². The number of hydrogen-bond donors (Lipinski definition) is 0. The summed E-state index contributed by atoms with van der Waals surface area (Å²) in [7, 11) is 0. The highest BCUT2D eigenvalue weighted by atomic mass is 35.5. The van der Waals surface area contributed by atoms with Crippen LogP contribution in [0.25, 0.3) is 0 Å². The Bertz CT molecular complexity index is 131. The van der Waals surface area contributed by atoms with Gasteiger partial charge in [-0.3, -0.25) is 0 Å². The molecule has 0 aromatic carbocycles. The Kier molecular flexibility index (Phi) is 1.06. The quantitative estimate of drug-likeness (QED) is 0.335. The van der Waals surface area contributed by atoms with Crippen LogP contribution in [0.1, 0.15) is 0 Å². The van der Waals surface area contributed by atoms with Gasteiger partial charge in [-0.1, -0.05) is 9.90 Å². The van der Waals surface area contributed by atoms with Crippen molar-refractivity contribution in [1.82, 2.24) is 0 Å². The third kappa shape index (κ3) is 0.771. The van der Waals surface area contributed by atoms with Crippen LogP contribution in [0, 0.1) is 4.91 Å². The zero-order valence-corrected chi connectivity index (χ0v) is 4.35. The third-order valence-corrected chi connectivity index (χ3v) is 1.06. The monoisotopic (exact) mass is 119 g/mol. The number of amidine groups is 1. The number of halogens is 1. The summed E-state index contributed by atoms with van der Waals surface area (Å²) < 4.78 is 0.668. The smallest absolute Gasteiger partial charge is 0.0647 e. The van der Waals surface area contributed by atoms with E-state index in [1.165, 1.54) is 0 Å². The second kappa shape index (κ2) is 1.58. The standard InChI is InChI=1S/C3H4ClN2O/c4-3-5-1-2-6(3)7/h1-2H2/q+1. The first-order valence-corrected chi connectivity index (χ1v) is 2.33. The highest BCUT2D eigenvalue weighted by Gasteiger charge is 2.21. The van der Waals surface area contributed by atoms with Gasteiger partial charge < -0.3 is 0 Å². The predicted molar refractivity (Wildman–Crippen MR) is 26.6 cm³/mol. The summed E-state index contributed by atoms with van der Waals surface area (Å²) >= 11 is 5.23. The maximum absolute atomic E-state index is 10.2. The van der Waals surface area contributed by atoms with Crippen LogP contribution in [0.2, 0.25) is 0 Å². The van der Waals surface area contributed by atoms with Gasteiger partial charge in [0.15, 0.2) is 13.1 Å². The minimum atomic E-state index is 0.0833. The molecule has 3 nitrogen and oxygen atoms in total. The Morgan fingerprint density at radius 2 is 2.57 bits per heavy atom. The summed E-state index contributed by atoms with van der Waals surface area (Å²) in [5, 5.41) is 0.0833. The molecular weight excluding hydrogens is 115 g/mol. The van der Waals surface area contributed by atoms with Crippen molar-refractivity contribution in [2.24, 2.45) is 4.99 Å². The normalized spacial score (nSPS) is 20.1. The van der Waals surface area contributed by atoms with Crippen LogP contribution >= 0.6 is 11.6 Å². The molecule has 0 saturated heterocycles. The Morgan fingerprint density at radius 1 is 1.86 bits per heavy atom. The van der Waals surface area contributed by atoms with Gasteiger partial charge in [0, 0.05) is 11.6 Å². The molecule has 38 valence electrons. The molecule has 0 N–H and O–H groups in total. The lowest BCUT2D eigenvalue weighted by atomic mass is 10.7. The van der Waals surface area contributed by atoms with Crippen molar-refractivity contribution < 1.29 is 4.76 Å². The molecule has 0 fully saturated rings. The Morgan fingerprint density at radius 3 is 2.71 bits per heavy atom. The Labute approximate surface area is 45.6 Å². The van der Waals surface area contributed by atoms with E-state index in [1.54, 1.807) is 0 Å². The van der Waals surface area contributed by atoms with Gasteiger partial charge in [0.1, 0.15) is 0 Å². The molecule has 1 rings (SSSR count). The second-order valence-corrected chi connectivity index (χ2v) is 1.59. The predicted octanol–water partition coefficient (Wildman–Crippen LogP) is 0.374. The fraction of sp³-hybridized carbons (Fsp3) is 0.667. The Hall–Kier alpha value is -0.440. The first kappa shape index (κ1) is 4.71. The van der Waals surface area contributed by atoms with E-state index in [2.05, 4.69) is 4.99 Å². The van der Waals surface area contributed by atoms with Crippen molar-refractivity contribution in [3.63, 3.8) is 0 Å². The van der Waals surface area contributed by atoms with Gasteiger partial charge in [-0.25, -0.2) is 0 Å². The van der Waals surface area contributed by atoms with Gasteiger partial charge in [-0.15, -0.1) is 0 Å². The molecule has 1 aliphatic heterocycles. The van der Waals surface area contributed by atoms with E-state index in [0.717, 1.165) is 0 Å². The molecule has 1 aliphatic rings. The first-order chi connectivity index (χ1) is 3.30. The number of rotatable bonds is 0. The lowest BCUT2D eigenvalue weighted by Gasteiger charge is -1.70. The number of nitrogens with zero attached hydrogens (tertiary/aromatic N) is 2. The molecule has 0 saturated carbocycles. The van der Waals surface area contributed by atoms with Crippen molar-refractivity contribution in [2.75, 3.05) is 13.1 Å². The molecule has 0 unspecified atom stereocenters. The molecule has 7 heavy (non-hydrogen) atoms. The van der Waals surface area contributed by atoms with Gasteiger partial charge in [-0.2, -0.15) is 0 Å². The summed E-state index contributed by atoms with van der Waals surface area (Å²) in [5.41, 5.74) is 0. The molecule has 0 aromatic rings. The van der Waals surface area contributed by atoms with Crippen LogP contribution in [0.5, 0.6) is 0 Å². The van der Waals surface area contributed by atoms with Crippen LogP contribution in [0.15, 0.2) is 4.99 Å². The molecule has 0 aliphatic carbocycles. The highest BCUT2D eigenvalue weighted by Crippen LogP contribution is 1.95. The van der Waals surface area contributed by atoms with E-state index >= 15 is 0 Å². The molecular formula is C3H4ClN2O+. The van der Waals surface area contributed by atoms with E-state index in [-0.39, 0.29) is 5.29 Å². The van der Waals surface area contributed by atoms with E-state index in [4.69, 9.17) is 11.6 Å². The maximum atomic E-state index is 10.2. The fourth-order valence-electron chi connectivity index (χ4n) is 0.404. The second-order valence-electron chi connectivity index (χ2n) is 1.25. The summed E-state index contributed by atoms with van der Waals surface area (Å²) in [4.78, 5) is 13.8. The summed E-state index contributed by atoms with van der Waals surface area (Å²) in [6, 6.07) is 0. The van der Waals surface area contributed by atoms with Crippen molar-refractivity contribution in [3.8, 4) is 0 Å². The minimum Gasteiger partial charge on any atom is -0.0647 e. The third-order valence-electron chi connectivity index (χ3n) is 0.751. The molecule has 4 heteroatoms. The van der Waals surface area contributed by atoms with Crippen LogP contribution in [0.3, 0.4) is 0 Å². The number of hydrogen-bond acceptors (Lipinski definition) is 2. The molecule has 0 spiro atoms. The van der Waals surface area contributed by atoms with Crippen molar-refractivity contribution in [2.45, 2.75) is 0 Å². The lowest BCUT2D eigenvalue weighted by molar-refractivity contribution is -0.413. The van der Waals surface area contributed by atoms with Gasteiger partial charge in [-0.05, 0) is 4.76 Å². The minimum absolute atomic E-state index is 0.0833. The van der Waals surface area contributed by atoms with Crippen molar-refractivity contribution >= 4 is 16.9 Å². The molecule has 0 bridgehead atoms. The maximum Gasteiger partial charge on any atom is 0.429 e. The van der Waals surface area contributed by atoms with Gasteiger partial charge in [0.2, 0.25) is 0 Å². The zero-order chi connectivity index (χ0) is 5.28. The Balaban J connectivity index is 2.72. The topological polar surface area (TPSA) is 32.4 Å². The van der Waals surface area contributed by atoms with Crippen LogP contribution < -0.4 is 0 Å². The van der Waals surface area contributed by atoms with Gasteiger partial charge >= 0.3 is 5.29 Å². The van der Waals surface area contributed by atoms with Crippen molar-refractivity contribution in [3.05, 3.63) is 4.91 Å². The molecule has 1 heterocycles. The molecule has 0 radical (unpaired) electrons. The molecule has 0 atom stereocenters. The summed E-state index contributed by atoms with van der Waals surface area (Å²) in [5.74, 6) is 0. The highest BCUT2D eigenvalue weighted by molar-refractivity contribution is 6.62.